The van der Waals surface area contributed by atoms with E-state index < -0.39 is 0 Å². The van der Waals surface area contributed by atoms with Crippen LogP contribution in [0.3, 0.4) is 0 Å². The van der Waals surface area contributed by atoms with Gasteiger partial charge in [0.2, 0.25) is 0 Å². The Hall–Kier alpha value is -2.34. The van der Waals surface area contributed by atoms with Crippen LogP contribution in [0.4, 0.5) is 5.69 Å². The molecule has 2 amide bonds. The second-order valence-electron chi connectivity index (χ2n) is 6.43. The summed E-state index contributed by atoms with van der Waals surface area (Å²) in [5.41, 5.74) is 1.73. The van der Waals surface area contributed by atoms with Gasteiger partial charge in [-0.1, -0.05) is 17.7 Å². The second-order valence-corrected chi connectivity index (χ2v) is 6.87. The first kappa shape index (κ1) is 17.5. The van der Waals surface area contributed by atoms with Crippen molar-refractivity contribution in [1.82, 2.24) is 14.9 Å². The predicted molar refractivity (Wildman–Crippen MR) is 97.2 cm³/mol. The molecular formula is C18H21ClN4O2. The fourth-order valence-electron chi connectivity index (χ4n) is 2.98. The Labute approximate surface area is 151 Å². The van der Waals surface area contributed by atoms with Crippen molar-refractivity contribution in [2.45, 2.75) is 45.7 Å². The molecule has 0 unspecified atom stereocenters. The maximum Gasteiger partial charge on any atom is 0.287 e. The lowest BCUT2D eigenvalue weighted by molar-refractivity contribution is 0.0927. The van der Waals surface area contributed by atoms with Crippen LogP contribution in [-0.4, -0.2) is 27.4 Å². The molecule has 0 atom stereocenters. The minimum absolute atomic E-state index is 0.00720. The molecule has 1 aromatic heterocycles. The summed E-state index contributed by atoms with van der Waals surface area (Å²) in [7, 11) is 0. The molecule has 132 valence electrons. The highest BCUT2D eigenvalue weighted by atomic mass is 35.5. The highest BCUT2D eigenvalue weighted by Gasteiger charge is 2.27. The first-order valence-corrected chi connectivity index (χ1v) is 8.80. The van der Waals surface area contributed by atoms with Gasteiger partial charge >= 0.3 is 0 Å². The third-order valence-electron chi connectivity index (χ3n) is 4.04. The monoisotopic (exact) mass is 360 g/mol. The molecule has 25 heavy (non-hydrogen) atoms. The van der Waals surface area contributed by atoms with Gasteiger partial charge in [-0.2, -0.15) is 0 Å². The Morgan fingerprint density at radius 3 is 2.76 bits per heavy atom. The third-order valence-corrected chi connectivity index (χ3v) is 4.27. The van der Waals surface area contributed by atoms with E-state index in [-0.39, 0.29) is 17.9 Å². The van der Waals surface area contributed by atoms with Crippen molar-refractivity contribution >= 4 is 29.1 Å². The molecule has 2 aromatic rings. The van der Waals surface area contributed by atoms with E-state index >= 15 is 0 Å². The molecule has 2 N–H and O–H groups in total. The summed E-state index contributed by atoms with van der Waals surface area (Å²) in [6, 6.07) is 6.95. The Bertz CT molecular complexity index is 813. The number of anilines is 1. The molecule has 0 bridgehead atoms. The molecule has 0 radical (unpaired) electrons. The van der Waals surface area contributed by atoms with Crippen LogP contribution in [-0.2, 0) is 13.0 Å². The second kappa shape index (κ2) is 7.27. The number of nitrogens with zero attached hydrogens (tertiary/aromatic N) is 2. The molecule has 1 aromatic carbocycles. The number of hydrogen-bond donors (Lipinski definition) is 2. The maximum absolute atomic E-state index is 12.7. The number of carbonyl (C=O) groups is 2. The summed E-state index contributed by atoms with van der Waals surface area (Å²) in [4.78, 5) is 29.5. The van der Waals surface area contributed by atoms with Gasteiger partial charge in [-0.05, 0) is 51.3 Å². The number of imidazole rings is 1. The number of carbonyl (C=O) groups excluding carboxylic acids is 2. The van der Waals surface area contributed by atoms with Gasteiger partial charge in [-0.15, -0.1) is 0 Å². The van der Waals surface area contributed by atoms with Crippen LogP contribution in [0.25, 0.3) is 0 Å². The van der Waals surface area contributed by atoms with Crippen molar-refractivity contribution in [2.24, 2.45) is 0 Å². The third kappa shape index (κ3) is 3.85. The molecular weight excluding hydrogens is 340 g/mol. The molecule has 0 spiro atoms. The summed E-state index contributed by atoms with van der Waals surface area (Å²) in [5, 5.41) is 6.20. The van der Waals surface area contributed by atoms with Crippen molar-refractivity contribution in [3.8, 4) is 0 Å². The van der Waals surface area contributed by atoms with Crippen LogP contribution >= 0.6 is 11.6 Å². The average molecular weight is 361 g/mol. The van der Waals surface area contributed by atoms with Crippen LogP contribution in [0, 0.1) is 0 Å². The zero-order chi connectivity index (χ0) is 18.0. The molecule has 7 heteroatoms. The van der Waals surface area contributed by atoms with Gasteiger partial charge in [0.15, 0.2) is 11.5 Å². The van der Waals surface area contributed by atoms with E-state index in [4.69, 9.17) is 11.6 Å². The number of halogens is 1. The number of nitrogens with one attached hydrogen (secondary N) is 2. The quantitative estimate of drug-likeness (QED) is 0.878. The summed E-state index contributed by atoms with van der Waals surface area (Å²) in [6.45, 7) is 4.49. The first-order chi connectivity index (χ1) is 12.0. The van der Waals surface area contributed by atoms with Crippen molar-refractivity contribution in [3.05, 3.63) is 46.5 Å². The summed E-state index contributed by atoms with van der Waals surface area (Å²) >= 11 is 5.96. The SMILES string of the molecule is CC(C)NC(=O)c1nc(C(=O)Nc2cccc(Cl)c2)c2n1CCCC2. The zero-order valence-electron chi connectivity index (χ0n) is 14.3. The van der Waals surface area contributed by atoms with Gasteiger partial charge in [-0.25, -0.2) is 4.98 Å². The van der Waals surface area contributed by atoms with E-state index in [0.717, 1.165) is 25.0 Å². The van der Waals surface area contributed by atoms with Gasteiger partial charge in [0, 0.05) is 23.3 Å². The fourth-order valence-corrected chi connectivity index (χ4v) is 3.17. The molecule has 0 fully saturated rings. The van der Waals surface area contributed by atoms with Crippen molar-refractivity contribution in [3.63, 3.8) is 0 Å². The standard InChI is InChI=1S/C18H21ClN4O2/c1-11(2)20-18(25)16-22-15(14-8-3-4-9-23(14)16)17(24)21-13-7-5-6-12(19)10-13/h5-7,10-11H,3-4,8-9H2,1-2H3,(H,20,25)(H,21,24). The molecule has 1 aliphatic heterocycles. The van der Waals surface area contributed by atoms with Crippen molar-refractivity contribution < 1.29 is 9.59 Å². The average Bonchev–Trinajstić information content (AvgIpc) is 2.94. The molecule has 0 saturated heterocycles. The van der Waals surface area contributed by atoms with Gasteiger partial charge in [0.25, 0.3) is 11.8 Å². The van der Waals surface area contributed by atoms with Crippen LogP contribution in [0.15, 0.2) is 24.3 Å². The summed E-state index contributed by atoms with van der Waals surface area (Å²) < 4.78 is 1.87. The van der Waals surface area contributed by atoms with E-state index in [1.165, 1.54) is 0 Å². The van der Waals surface area contributed by atoms with E-state index in [9.17, 15) is 9.59 Å². The number of aromatic nitrogens is 2. The molecule has 1 aliphatic rings. The van der Waals surface area contributed by atoms with E-state index in [2.05, 4.69) is 15.6 Å². The Kier molecular flexibility index (Phi) is 5.08. The first-order valence-electron chi connectivity index (χ1n) is 8.43. The van der Waals surface area contributed by atoms with Gasteiger partial charge in [0.05, 0.1) is 5.69 Å². The number of hydrogen-bond acceptors (Lipinski definition) is 3. The van der Waals surface area contributed by atoms with Gasteiger partial charge in [-0.3, -0.25) is 9.59 Å². The molecule has 0 aliphatic carbocycles. The lowest BCUT2D eigenvalue weighted by Crippen LogP contribution is -2.33. The van der Waals surface area contributed by atoms with Crippen LogP contribution < -0.4 is 10.6 Å². The molecule has 0 saturated carbocycles. The van der Waals surface area contributed by atoms with E-state index in [0.29, 0.717) is 28.8 Å². The molecule has 6 nitrogen and oxygen atoms in total. The Balaban J connectivity index is 1.91. The number of benzene rings is 1. The summed E-state index contributed by atoms with van der Waals surface area (Å²) in [6.07, 6.45) is 2.69. The van der Waals surface area contributed by atoms with Gasteiger partial charge < -0.3 is 15.2 Å². The van der Waals surface area contributed by atoms with E-state index in [1.807, 2.05) is 18.4 Å². The Morgan fingerprint density at radius 2 is 2.04 bits per heavy atom. The van der Waals surface area contributed by atoms with Crippen LogP contribution in [0.1, 0.15) is 53.5 Å². The summed E-state index contributed by atoms with van der Waals surface area (Å²) in [5.74, 6) is -0.267. The zero-order valence-corrected chi connectivity index (χ0v) is 15.1. The maximum atomic E-state index is 12.7. The lowest BCUT2D eigenvalue weighted by atomic mass is 10.1. The van der Waals surface area contributed by atoms with Gasteiger partial charge in [0.1, 0.15) is 0 Å². The molecule has 3 rings (SSSR count). The normalized spacial score (nSPS) is 13.4. The van der Waals surface area contributed by atoms with Crippen LogP contribution in [0.2, 0.25) is 5.02 Å². The minimum atomic E-state index is -0.323. The van der Waals surface area contributed by atoms with Crippen molar-refractivity contribution in [1.29, 1.82) is 0 Å². The smallest absolute Gasteiger partial charge is 0.287 e. The van der Waals surface area contributed by atoms with E-state index in [1.54, 1.807) is 24.3 Å². The lowest BCUT2D eigenvalue weighted by Gasteiger charge is -2.17. The fraction of sp³-hybridized carbons (Fsp3) is 0.389. The Morgan fingerprint density at radius 1 is 1.24 bits per heavy atom. The predicted octanol–water partition coefficient (Wildman–Crippen LogP) is 3.26. The van der Waals surface area contributed by atoms with Crippen molar-refractivity contribution in [2.75, 3.05) is 5.32 Å². The highest BCUT2D eigenvalue weighted by molar-refractivity contribution is 6.31. The largest absolute Gasteiger partial charge is 0.347 e. The molecule has 2 heterocycles. The number of fused-ring (bicyclic) bond motifs is 1. The minimum Gasteiger partial charge on any atom is -0.347 e. The number of amides is 2. The topological polar surface area (TPSA) is 76.0 Å². The van der Waals surface area contributed by atoms with Crippen LogP contribution in [0.5, 0.6) is 0 Å². The highest BCUT2D eigenvalue weighted by Crippen LogP contribution is 2.23. The number of rotatable bonds is 4.